The first-order valence-corrected chi connectivity index (χ1v) is 15.4. The smallest absolute Gasteiger partial charge is 0.837 e. The van der Waals surface area contributed by atoms with Gasteiger partial charge in [0.2, 0.25) is 0 Å². The van der Waals surface area contributed by atoms with Crippen molar-refractivity contribution in [2.24, 2.45) is 0 Å². The van der Waals surface area contributed by atoms with Gasteiger partial charge in [-0.05, 0) is 0 Å². The van der Waals surface area contributed by atoms with Gasteiger partial charge < -0.3 is 58.3 Å². The van der Waals surface area contributed by atoms with Gasteiger partial charge in [0.15, 0.2) is 0 Å². The topological polar surface area (TPSA) is 166 Å². The minimum absolute atomic E-state index is 0. The molecule has 0 aliphatic rings. The zero-order chi connectivity index (χ0) is 53.3. The van der Waals surface area contributed by atoms with Crippen LogP contribution in [0.5, 0.6) is 0 Å². The van der Waals surface area contributed by atoms with Crippen molar-refractivity contribution in [2.75, 3.05) is 110 Å². The molecule has 0 N–H and O–H groups in total. The van der Waals surface area contributed by atoms with Crippen molar-refractivity contribution in [1.29, 1.82) is 0 Å². The molecule has 405 valence electrons. The van der Waals surface area contributed by atoms with E-state index in [2.05, 4.69) is 37.9 Å². The first kappa shape index (κ1) is 88.3. The minimum Gasteiger partial charge on any atom is -0.837 e. The van der Waals surface area contributed by atoms with Crippen molar-refractivity contribution < 1.29 is 284 Å². The fraction of sp³-hybridized carbons (Fsp3) is 1.00. The Kier molecular flexibility index (Phi) is 49.2. The summed E-state index contributed by atoms with van der Waals surface area (Å²) in [6.45, 7) is 5.53. The normalized spacial score (nSPS) is 13.1. The van der Waals surface area contributed by atoms with E-state index in [-0.39, 0.29) is 120 Å². The van der Waals surface area contributed by atoms with E-state index in [1.54, 1.807) is 56.9 Å². The molecule has 12 nitrogen and oxygen atoms in total. The summed E-state index contributed by atoms with van der Waals surface area (Å²) in [5, 5.41) is 41.8. The number of hydrogen-bond acceptors (Lipinski definition) is 12. The first-order chi connectivity index (χ1) is 28.2. The quantitative estimate of drug-likeness (QED) is 0.107. The van der Waals surface area contributed by atoms with Crippen molar-refractivity contribution in [3.05, 3.63) is 0 Å². The van der Waals surface area contributed by atoms with Crippen molar-refractivity contribution in [3.63, 3.8) is 0 Å². The molecule has 0 rings (SSSR count). The second-order valence-corrected chi connectivity index (χ2v) is 10.6. The Labute approximate surface area is 460 Å². The molecule has 67 heavy (non-hydrogen) atoms. The summed E-state index contributed by atoms with van der Waals surface area (Å²) in [5.74, 6) is 0. The van der Waals surface area contributed by atoms with Crippen LogP contribution in [0.2, 0.25) is 0 Å². The Morgan fingerprint density at radius 2 is 0.284 bits per heavy atom. The van der Waals surface area contributed by atoms with Gasteiger partial charge in [0.1, 0.15) is 0 Å². The fourth-order valence-electron chi connectivity index (χ4n) is 2.91. The molecule has 1 radical (unpaired) electrons. The van der Waals surface area contributed by atoms with Gasteiger partial charge in [0.25, 0.3) is 0 Å². The predicted octanol–water partition coefficient (Wildman–Crippen LogP) is -2.01. The molecule has 0 saturated carbocycles. The molecule has 0 aromatic heterocycles. The molecule has 0 spiro atoms. The van der Waals surface area contributed by atoms with Crippen molar-refractivity contribution in [1.82, 2.24) is 0 Å². The van der Waals surface area contributed by atoms with Crippen LogP contribution in [0.4, 0.5) is 105 Å². The Bertz CT molecular complexity index is 922. The Morgan fingerprint density at radius 3 is 0.313 bits per heavy atom. The van der Waals surface area contributed by atoms with E-state index < -0.39 is 71.8 Å². The van der Waals surface area contributed by atoms with Gasteiger partial charge in [-0.2, -0.15) is 105 Å². The van der Waals surface area contributed by atoms with E-state index in [0.29, 0.717) is 52.9 Å². The van der Waals surface area contributed by atoms with Crippen LogP contribution in [-0.4, -0.2) is 182 Å². The molecule has 0 aromatic rings. The zero-order valence-electron chi connectivity index (χ0n) is 35.9. The molecule has 0 saturated heterocycles. The van der Waals surface area contributed by atoms with Gasteiger partial charge in [-0.25, -0.2) is 0 Å². The molecule has 0 unspecified atom stereocenters. The van der Waals surface area contributed by atoms with Gasteiger partial charge in [0.05, 0.1) is 75.3 Å². The second-order valence-electron chi connectivity index (χ2n) is 10.6. The summed E-state index contributed by atoms with van der Waals surface area (Å²) in [4.78, 5) is 0. The molecule has 0 bridgehead atoms. The number of ether oxygens (including phenoxy) is 8. The molecular weight excluding hydrogens is 1130 g/mol. The Balaban J connectivity index is -0.0000000942. The average molecular weight is 1170 g/mol. The number of methoxy groups -OCH3 is 8. The molecule has 39 heteroatoms. The van der Waals surface area contributed by atoms with Gasteiger partial charge >= 0.3 is 169 Å². The summed E-state index contributed by atoms with van der Waals surface area (Å²) in [6, 6.07) is 0. The Morgan fingerprint density at radius 1 is 0.224 bits per heavy atom. The van der Waals surface area contributed by atoms with Crippen LogP contribution >= 0.6 is 0 Å². The summed E-state index contributed by atoms with van der Waals surface area (Å²) in [6.07, 6.45) is -61.6. The summed E-state index contributed by atoms with van der Waals surface area (Å²) in [5.41, 5.74) is -31.4. The van der Waals surface area contributed by atoms with Crippen LogP contribution < -0.4 is 123 Å². The fourth-order valence-corrected chi connectivity index (χ4v) is 2.91. The van der Waals surface area contributed by atoms with E-state index >= 15 is 0 Å². The average Bonchev–Trinajstić information content (AvgIpc) is 3.10. The van der Waals surface area contributed by atoms with E-state index in [0.717, 1.165) is 0 Å². The predicted molar refractivity (Wildman–Crippen MR) is 154 cm³/mol. The maximum Gasteiger partial charge on any atom is 2.00 e. The molecule has 0 aliphatic heterocycles. The second kappa shape index (κ2) is 37.4. The van der Waals surface area contributed by atoms with Crippen LogP contribution in [-0.2, 0) is 55.0 Å². The summed E-state index contributed by atoms with van der Waals surface area (Å²) in [7, 11) is 13.2. The first-order valence-electron chi connectivity index (χ1n) is 15.4. The molecule has 0 aliphatic carbocycles. The SMILES string of the molecule is COCCOC.COCCOC.COCCOC.COCCOC.[Cu+2].[K+].[K+].[O-]C(C(F)(F)F)(C(F)(F)F)C([O-])(C(F)(F)F)C(F)(F)F.[O-]C(C(F)(F)F)(C(F)(F)F)C([O-])(C(F)(F)F)C(F)(F)F. The molecule has 0 amide bonds. The third kappa shape index (κ3) is 27.1. The van der Waals surface area contributed by atoms with Crippen molar-refractivity contribution >= 4 is 0 Å². The van der Waals surface area contributed by atoms with Crippen LogP contribution in [0.25, 0.3) is 0 Å². The molecule has 0 aromatic carbocycles. The van der Waals surface area contributed by atoms with Crippen LogP contribution in [0, 0.1) is 0 Å². The molecular formula is C28H40CuF24K2O12. The largest absolute Gasteiger partial charge is 2.00 e. The van der Waals surface area contributed by atoms with Crippen LogP contribution in [0.1, 0.15) is 0 Å². The minimum atomic E-state index is -7.86. The Hall–Kier alpha value is 1.63. The van der Waals surface area contributed by atoms with Gasteiger partial charge in [-0.1, -0.05) is 0 Å². The molecule has 0 atom stereocenters. The van der Waals surface area contributed by atoms with E-state index in [1.165, 1.54) is 0 Å². The zero-order valence-corrected chi connectivity index (χ0v) is 43.1. The third-order valence-corrected chi connectivity index (χ3v) is 6.15. The van der Waals surface area contributed by atoms with Crippen LogP contribution in [0.15, 0.2) is 0 Å². The molecule has 0 fully saturated rings. The monoisotopic (exact) mass is 1170 g/mol. The maximum atomic E-state index is 11.9. The number of rotatable bonds is 14. The summed E-state index contributed by atoms with van der Waals surface area (Å²) >= 11 is 0. The van der Waals surface area contributed by atoms with Crippen molar-refractivity contribution in [3.8, 4) is 0 Å². The number of hydrogen-bond donors (Lipinski definition) is 0. The number of alkyl halides is 24. The van der Waals surface area contributed by atoms with Gasteiger partial charge in [-0.15, -0.1) is 0 Å². The van der Waals surface area contributed by atoms with Gasteiger partial charge in [0, 0.05) is 56.9 Å². The van der Waals surface area contributed by atoms with E-state index in [9.17, 15) is 126 Å². The van der Waals surface area contributed by atoms with E-state index in [4.69, 9.17) is 0 Å². The van der Waals surface area contributed by atoms with Crippen molar-refractivity contribution in [2.45, 2.75) is 71.8 Å². The van der Waals surface area contributed by atoms with E-state index in [1.807, 2.05) is 0 Å². The van der Waals surface area contributed by atoms with Crippen LogP contribution in [0.3, 0.4) is 0 Å². The summed E-state index contributed by atoms with van der Waals surface area (Å²) < 4.78 is 323. The maximum absolute atomic E-state index is 11.9. The molecule has 0 heterocycles. The third-order valence-electron chi connectivity index (χ3n) is 6.15. The van der Waals surface area contributed by atoms with Gasteiger partial charge in [-0.3, -0.25) is 0 Å². The standard InChI is InChI=1S/2C6F12O2.4C4H10O2.Cu.2K/c2*7-3(8,9)1(19,4(10,11)12)2(20,5(13,14)15)6(16,17)18;4*1-5-3-4-6-2;;;/h;;4*3-4H2,1-2H3;;;/q2*-2;;;;;+2;2*+1. The number of halogens is 24.